The second-order valence-corrected chi connectivity index (χ2v) is 4.26. The lowest BCUT2D eigenvalue weighted by Gasteiger charge is -2.01. The van der Waals surface area contributed by atoms with Crippen LogP contribution in [0.4, 0.5) is 5.69 Å². The quantitative estimate of drug-likeness (QED) is 0.633. The highest BCUT2D eigenvalue weighted by Gasteiger charge is 1.95. The summed E-state index contributed by atoms with van der Waals surface area (Å²) in [6.07, 6.45) is 3.64. The van der Waals surface area contributed by atoms with Crippen molar-refractivity contribution in [2.45, 2.75) is 10.6 Å². The molecule has 1 aromatic carbocycles. The first kappa shape index (κ1) is 10.1. The third kappa shape index (κ3) is 2.99. The van der Waals surface area contributed by atoms with Gasteiger partial charge in [0.15, 0.2) is 0 Å². The van der Waals surface area contributed by atoms with Crippen LogP contribution in [0.1, 0.15) is 5.56 Å². The van der Waals surface area contributed by atoms with Crippen LogP contribution in [0.15, 0.2) is 53.7 Å². The third-order valence-electron chi connectivity index (χ3n) is 2.03. The molecule has 0 fully saturated rings. The van der Waals surface area contributed by atoms with Gasteiger partial charge in [-0.1, -0.05) is 0 Å². The number of rotatable bonds is 3. The lowest BCUT2D eigenvalue weighted by atomic mass is 10.3. The van der Waals surface area contributed by atoms with Gasteiger partial charge in [-0.2, -0.15) is 0 Å². The van der Waals surface area contributed by atoms with Crippen LogP contribution in [0.2, 0.25) is 0 Å². The van der Waals surface area contributed by atoms with Crippen molar-refractivity contribution in [3.05, 3.63) is 54.4 Å². The average Bonchev–Trinajstić information content (AvgIpc) is 2.30. The van der Waals surface area contributed by atoms with E-state index in [1.807, 2.05) is 48.8 Å². The molecule has 0 bridgehead atoms. The van der Waals surface area contributed by atoms with Gasteiger partial charge in [-0.3, -0.25) is 4.98 Å². The highest BCUT2D eigenvalue weighted by atomic mass is 32.2. The highest BCUT2D eigenvalue weighted by molar-refractivity contribution is 7.98. The zero-order valence-electron chi connectivity index (χ0n) is 8.26. The number of nitrogen functional groups attached to an aromatic ring is 1. The average molecular weight is 216 g/mol. The summed E-state index contributed by atoms with van der Waals surface area (Å²) >= 11 is 1.80. The molecule has 76 valence electrons. The van der Waals surface area contributed by atoms with Crippen molar-refractivity contribution in [1.29, 1.82) is 0 Å². The number of hydrogen-bond acceptors (Lipinski definition) is 3. The van der Waals surface area contributed by atoms with Crippen molar-refractivity contribution >= 4 is 17.4 Å². The summed E-state index contributed by atoms with van der Waals surface area (Å²) in [4.78, 5) is 5.22. The summed E-state index contributed by atoms with van der Waals surface area (Å²) in [5, 5.41) is 0. The SMILES string of the molecule is Nc1ccc(SCc2ccncc2)cc1. The van der Waals surface area contributed by atoms with Crippen LogP contribution in [0.25, 0.3) is 0 Å². The highest BCUT2D eigenvalue weighted by Crippen LogP contribution is 2.22. The van der Waals surface area contributed by atoms with Gasteiger partial charge in [0.05, 0.1) is 0 Å². The lowest BCUT2D eigenvalue weighted by molar-refractivity contribution is 1.27. The van der Waals surface area contributed by atoms with Gasteiger partial charge in [0, 0.05) is 28.7 Å². The molecule has 3 heteroatoms. The maximum atomic E-state index is 5.62. The molecule has 2 aromatic rings. The number of pyridine rings is 1. The summed E-state index contributed by atoms with van der Waals surface area (Å²) in [6.45, 7) is 0. The number of aromatic nitrogens is 1. The van der Waals surface area contributed by atoms with Crippen LogP contribution in [-0.2, 0) is 5.75 Å². The molecule has 2 N–H and O–H groups in total. The lowest BCUT2D eigenvalue weighted by Crippen LogP contribution is -1.84. The third-order valence-corrected chi connectivity index (χ3v) is 3.12. The van der Waals surface area contributed by atoms with Crippen molar-refractivity contribution < 1.29 is 0 Å². The molecular formula is C12H12N2S. The Morgan fingerprint density at radius 2 is 1.67 bits per heavy atom. The van der Waals surface area contributed by atoms with Gasteiger partial charge in [-0.15, -0.1) is 11.8 Å². The van der Waals surface area contributed by atoms with Crippen molar-refractivity contribution in [2.24, 2.45) is 0 Å². The molecule has 1 heterocycles. The van der Waals surface area contributed by atoms with Crippen molar-refractivity contribution in [1.82, 2.24) is 4.98 Å². The molecule has 2 nitrogen and oxygen atoms in total. The predicted octanol–water partition coefficient (Wildman–Crippen LogP) is 2.96. The largest absolute Gasteiger partial charge is 0.399 e. The van der Waals surface area contributed by atoms with Crippen LogP contribution in [0, 0.1) is 0 Å². The molecule has 0 saturated heterocycles. The van der Waals surface area contributed by atoms with Gasteiger partial charge in [0.2, 0.25) is 0 Å². The molecule has 0 unspecified atom stereocenters. The maximum Gasteiger partial charge on any atom is 0.0314 e. The van der Waals surface area contributed by atoms with Crippen LogP contribution >= 0.6 is 11.8 Å². The van der Waals surface area contributed by atoms with E-state index in [0.29, 0.717) is 0 Å². The Hall–Kier alpha value is -1.48. The second kappa shape index (κ2) is 4.84. The van der Waals surface area contributed by atoms with Crippen molar-refractivity contribution in [3.8, 4) is 0 Å². The van der Waals surface area contributed by atoms with Crippen molar-refractivity contribution in [3.63, 3.8) is 0 Å². The van der Waals surface area contributed by atoms with Gasteiger partial charge in [-0.05, 0) is 42.0 Å². The van der Waals surface area contributed by atoms with E-state index >= 15 is 0 Å². The van der Waals surface area contributed by atoms with Crippen molar-refractivity contribution in [2.75, 3.05) is 5.73 Å². The Morgan fingerprint density at radius 3 is 2.33 bits per heavy atom. The molecule has 0 aliphatic heterocycles. The molecule has 15 heavy (non-hydrogen) atoms. The normalized spacial score (nSPS) is 10.1. The Bertz CT molecular complexity index is 411. The van der Waals surface area contributed by atoms with Gasteiger partial charge >= 0.3 is 0 Å². The molecule has 0 spiro atoms. The van der Waals surface area contributed by atoms with Crippen LogP contribution in [0.5, 0.6) is 0 Å². The van der Waals surface area contributed by atoms with E-state index in [4.69, 9.17) is 5.73 Å². The minimum atomic E-state index is 0.809. The monoisotopic (exact) mass is 216 g/mol. The number of nitrogens with two attached hydrogens (primary N) is 1. The molecule has 2 rings (SSSR count). The van der Waals surface area contributed by atoms with Gasteiger partial charge in [0.25, 0.3) is 0 Å². The Labute approximate surface area is 93.5 Å². The van der Waals surface area contributed by atoms with E-state index in [-0.39, 0.29) is 0 Å². The van der Waals surface area contributed by atoms with Crippen LogP contribution in [-0.4, -0.2) is 4.98 Å². The summed E-state index contributed by atoms with van der Waals surface area (Å²) in [7, 11) is 0. The number of anilines is 1. The number of thioether (sulfide) groups is 1. The maximum absolute atomic E-state index is 5.62. The summed E-state index contributed by atoms with van der Waals surface area (Å²) in [5.74, 6) is 0.965. The molecular weight excluding hydrogens is 204 g/mol. The van der Waals surface area contributed by atoms with E-state index in [1.165, 1.54) is 10.5 Å². The molecule has 0 amide bonds. The number of benzene rings is 1. The Balaban J connectivity index is 1.96. The van der Waals surface area contributed by atoms with Gasteiger partial charge < -0.3 is 5.73 Å². The zero-order chi connectivity index (χ0) is 10.5. The second-order valence-electron chi connectivity index (χ2n) is 3.21. The summed E-state index contributed by atoms with van der Waals surface area (Å²) in [5.41, 5.74) is 7.71. The Kier molecular flexibility index (Phi) is 3.25. The summed E-state index contributed by atoms with van der Waals surface area (Å²) < 4.78 is 0. The van der Waals surface area contributed by atoms with E-state index < -0.39 is 0 Å². The fourth-order valence-electron chi connectivity index (χ4n) is 1.21. The number of hydrogen-bond donors (Lipinski definition) is 1. The zero-order valence-corrected chi connectivity index (χ0v) is 9.08. The van der Waals surface area contributed by atoms with E-state index in [2.05, 4.69) is 4.98 Å². The first-order valence-corrected chi connectivity index (χ1v) is 5.70. The van der Waals surface area contributed by atoms with Crippen LogP contribution < -0.4 is 5.73 Å². The van der Waals surface area contributed by atoms with E-state index in [9.17, 15) is 0 Å². The minimum absolute atomic E-state index is 0.809. The van der Waals surface area contributed by atoms with E-state index in [0.717, 1.165) is 11.4 Å². The standard InChI is InChI=1S/C12H12N2S/c13-11-1-3-12(4-2-11)15-9-10-5-7-14-8-6-10/h1-8H,9,13H2. The predicted molar refractivity (Wildman–Crippen MR) is 64.7 cm³/mol. The molecule has 0 saturated carbocycles. The topological polar surface area (TPSA) is 38.9 Å². The summed E-state index contributed by atoms with van der Waals surface area (Å²) in [6, 6.07) is 12.0. The first-order valence-electron chi connectivity index (χ1n) is 4.72. The minimum Gasteiger partial charge on any atom is -0.399 e. The molecule has 1 aromatic heterocycles. The Morgan fingerprint density at radius 1 is 1.00 bits per heavy atom. The van der Waals surface area contributed by atoms with E-state index in [1.54, 1.807) is 11.8 Å². The number of nitrogens with zero attached hydrogens (tertiary/aromatic N) is 1. The molecule has 0 aliphatic rings. The molecule has 0 atom stereocenters. The molecule has 0 radical (unpaired) electrons. The van der Waals surface area contributed by atoms with Crippen LogP contribution in [0.3, 0.4) is 0 Å². The van der Waals surface area contributed by atoms with Gasteiger partial charge in [-0.25, -0.2) is 0 Å². The molecule has 0 aliphatic carbocycles. The van der Waals surface area contributed by atoms with Gasteiger partial charge in [0.1, 0.15) is 0 Å². The fraction of sp³-hybridized carbons (Fsp3) is 0.0833. The fourth-order valence-corrected chi connectivity index (χ4v) is 2.06. The smallest absolute Gasteiger partial charge is 0.0314 e. The first-order chi connectivity index (χ1) is 7.34.